The molecule has 1 aliphatic rings. The molecule has 0 aromatic carbocycles. The van der Waals surface area contributed by atoms with Gasteiger partial charge in [-0.1, -0.05) is 0 Å². The fourth-order valence-corrected chi connectivity index (χ4v) is 4.18. The average Bonchev–Trinajstić information content (AvgIpc) is 3.05. The molecular formula is C14H14N2O2S2. The first-order valence-corrected chi connectivity index (χ1v) is 8.24. The average molecular weight is 306 g/mol. The number of Topliss-reactive ketones (excluding diaryl/α,β-unsaturated/α-hetero) is 1. The Bertz CT molecular complexity index is 660. The van der Waals surface area contributed by atoms with Gasteiger partial charge in [-0.05, 0) is 36.3 Å². The molecule has 0 bridgehead atoms. The fourth-order valence-electron chi connectivity index (χ4n) is 2.44. The highest BCUT2D eigenvalue weighted by Gasteiger charge is 2.27. The first-order valence-electron chi connectivity index (χ1n) is 6.48. The van der Waals surface area contributed by atoms with Crippen molar-refractivity contribution in [3.63, 3.8) is 0 Å². The minimum absolute atomic E-state index is 0.0196. The van der Waals surface area contributed by atoms with E-state index >= 15 is 0 Å². The second-order valence-electron chi connectivity index (χ2n) is 4.83. The van der Waals surface area contributed by atoms with Crippen LogP contribution in [0.4, 0.5) is 5.13 Å². The zero-order chi connectivity index (χ0) is 14.1. The molecular weight excluding hydrogens is 292 g/mol. The molecule has 1 unspecified atom stereocenters. The van der Waals surface area contributed by atoms with Gasteiger partial charge in [-0.25, -0.2) is 4.98 Å². The molecule has 0 aliphatic heterocycles. The van der Waals surface area contributed by atoms with E-state index < -0.39 is 0 Å². The SMILES string of the molecule is CC(=O)c1csc(NC(=O)C2CCCc3sccc32)n1. The molecule has 1 aliphatic carbocycles. The molecule has 20 heavy (non-hydrogen) atoms. The number of anilines is 1. The predicted molar refractivity (Wildman–Crippen MR) is 80.7 cm³/mol. The summed E-state index contributed by atoms with van der Waals surface area (Å²) in [6, 6.07) is 2.05. The van der Waals surface area contributed by atoms with Crippen molar-refractivity contribution in [2.45, 2.75) is 32.1 Å². The van der Waals surface area contributed by atoms with Gasteiger partial charge in [0.2, 0.25) is 5.91 Å². The summed E-state index contributed by atoms with van der Waals surface area (Å²) in [5, 5.41) is 7.07. The van der Waals surface area contributed by atoms with Crippen LogP contribution in [0.15, 0.2) is 16.8 Å². The fraction of sp³-hybridized carbons (Fsp3) is 0.357. The van der Waals surface area contributed by atoms with Crippen LogP contribution < -0.4 is 5.32 Å². The number of rotatable bonds is 3. The lowest BCUT2D eigenvalue weighted by Crippen LogP contribution is -2.23. The molecule has 0 saturated heterocycles. The quantitative estimate of drug-likeness (QED) is 0.883. The van der Waals surface area contributed by atoms with E-state index in [-0.39, 0.29) is 17.6 Å². The summed E-state index contributed by atoms with van der Waals surface area (Å²) in [5.41, 5.74) is 1.56. The van der Waals surface area contributed by atoms with E-state index in [1.54, 1.807) is 16.7 Å². The van der Waals surface area contributed by atoms with Gasteiger partial charge >= 0.3 is 0 Å². The van der Waals surface area contributed by atoms with Gasteiger partial charge < -0.3 is 5.32 Å². The van der Waals surface area contributed by atoms with E-state index in [0.717, 1.165) is 24.8 Å². The maximum absolute atomic E-state index is 12.4. The summed E-state index contributed by atoms with van der Waals surface area (Å²) in [6.07, 6.45) is 2.99. The predicted octanol–water partition coefficient (Wildman–Crippen LogP) is 3.47. The number of nitrogens with zero attached hydrogens (tertiary/aromatic N) is 1. The third-order valence-corrected chi connectivity index (χ3v) is 5.22. The number of hydrogen-bond donors (Lipinski definition) is 1. The van der Waals surface area contributed by atoms with E-state index in [1.165, 1.54) is 23.1 Å². The van der Waals surface area contributed by atoms with Crippen LogP contribution in [0.25, 0.3) is 0 Å². The Labute approximate surface area is 124 Å². The first kappa shape index (κ1) is 13.5. The standard InChI is InChI=1S/C14H14N2O2S2/c1-8(17)11-7-20-14(15-11)16-13(18)10-3-2-4-12-9(10)5-6-19-12/h5-7,10H,2-4H2,1H3,(H,15,16,18). The van der Waals surface area contributed by atoms with Crippen LogP contribution in [0.2, 0.25) is 0 Å². The lowest BCUT2D eigenvalue weighted by molar-refractivity contribution is -0.117. The molecule has 1 N–H and O–H groups in total. The number of aryl methyl sites for hydroxylation is 1. The topological polar surface area (TPSA) is 59.1 Å². The van der Waals surface area contributed by atoms with Gasteiger partial charge in [0.1, 0.15) is 5.69 Å². The lowest BCUT2D eigenvalue weighted by Gasteiger charge is -2.21. The lowest BCUT2D eigenvalue weighted by atomic mass is 9.87. The number of carbonyl (C=O) groups is 2. The second-order valence-corrected chi connectivity index (χ2v) is 6.69. The van der Waals surface area contributed by atoms with Crippen molar-refractivity contribution in [3.05, 3.63) is 33.0 Å². The zero-order valence-corrected chi connectivity index (χ0v) is 12.6. The summed E-state index contributed by atoms with van der Waals surface area (Å²) in [6.45, 7) is 1.47. The summed E-state index contributed by atoms with van der Waals surface area (Å²) in [7, 11) is 0. The van der Waals surface area contributed by atoms with Gasteiger partial charge in [-0.3, -0.25) is 9.59 Å². The van der Waals surface area contributed by atoms with Crippen LogP contribution in [-0.4, -0.2) is 16.7 Å². The van der Waals surface area contributed by atoms with Crippen molar-refractivity contribution in [2.24, 2.45) is 0 Å². The Kier molecular flexibility index (Phi) is 3.67. The van der Waals surface area contributed by atoms with Crippen LogP contribution in [0.1, 0.15) is 46.6 Å². The molecule has 2 heterocycles. The summed E-state index contributed by atoms with van der Waals surface area (Å²) < 4.78 is 0. The molecule has 4 nitrogen and oxygen atoms in total. The monoisotopic (exact) mass is 306 g/mol. The van der Waals surface area contributed by atoms with Crippen molar-refractivity contribution in [2.75, 3.05) is 5.32 Å². The van der Waals surface area contributed by atoms with Crippen LogP contribution in [0, 0.1) is 0 Å². The number of aromatic nitrogens is 1. The molecule has 0 saturated carbocycles. The highest BCUT2D eigenvalue weighted by atomic mass is 32.1. The zero-order valence-electron chi connectivity index (χ0n) is 11.0. The molecule has 2 aromatic heterocycles. The number of nitrogens with one attached hydrogen (secondary N) is 1. The van der Waals surface area contributed by atoms with Gasteiger partial charge in [-0.2, -0.15) is 0 Å². The number of ketones is 1. The minimum Gasteiger partial charge on any atom is -0.301 e. The van der Waals surface area contributed by atoms with Crippen LogP contribution in [0.3, 0.4) is 0 Å². The van der Waals surface area contributed by atoms with E-state index in [4.69, 9.17) is 0 Å². The molecule has 3 rings (SSSR count). The smallest absolute Gasteiger partial charge is 0.233 e. The van der Waals surface area contributed by atoms with E-state index in [2.05, 4.69) is 10.3 Å². The van der Waals surface area contributed by atoms with Gasteiger partial charge in [0, 0.05) is 17.2 Å². The maximum atomic E-state index is 12.4. The van der Waals surface area contributed by atoms with Crippen LogP contribution in [-0.2, 0) is 11.2 Å². The highest BCUT2D eigenvalue weighted by molar-refractivity contribution is 7.14. The van der Waals surface area contributed by atoms with E-state index in [1.807, 2.05) is 11.4 Å². The number of amides is 1. The third-order valence-electron chi connectivity index (χ3n) is 3.46. The Morgan fingerprint density at radius 2 is 2.25 bits per heavy atom. The first-order chi connectivity index (χ1) is 9.65. The number of carbonyl (C=O) groups excluding carboxylic acids is 2. The Morgan fingerprint density at radius 3 is 3.00 bits per heavy atom. The molecule has 104 valence electrons. The van der Waals surface area contributed by atoms with Crippen LogP contribution in [0.5, 0.6) is 0 Å². The Morgan fingerprint density at radius 1 is 1.40 bits per heavy atom. The number of thiophene rings is 1. The van der Waals surface area contributed by atoms with Crippen molar-refractivity contribution >= 4 is 39.5 Å². The van der Waals surface area contributed by atoms with Gasteiger partial charge in [-0.15, -0.1) is 22.7 Å². The molecule has 0 fully saturated rings. The Hall–Kier alpha value is -1.53. The number of hydrogen-bond acceptors (Lipinski definition) is 5. The maximum Gasteiger partial charge on any atom is 0.233 e. The molecule has 1 amide bonds. The minimum atomic E-state index is -0.0883. The summed E-state index contributed by atoms with van der Waals surface area (Å²) >= 11 is 3.02. The van der Waals surface area contributed by atoms with Crippen molar-refractivity contribution in [1.82, 2.24) is 4.98 Å². The van der Waals surface area contributed by atoms with Gasteiger partial charge in [0.15, 0.2) is 10.9 Å². The van der Waals surface area contributed by atoms with Crippen molar-refractivity contribution in [1.29, 1.82) is 0 Å². The van der Waals surface area contributed by atoms with E-state index in [9.17, 15) is 9.59 Å². The molecule has 1 atom stereocenters. The number of thiazole rings is 1. The molecule has 0 spiro atoms. The van der Waals surface area contributed by atoms with E-state index in [0.29, 0.717) is 10.8 Å². The summed E-state index contributed by atoms with van der Waals surface area (Å²) in [5.74, 6) is -0.192. The highest BCUT2D eigenvalue weighted by Crippen LogP contribution is 2.35. The van der Waals surface area contributed by atoms with Crippen molar-refractivity contribution in [3.8, 4) is 0 Å². The second kappa shape index (κ2) is 5.46. The normalized spacial score (nSPS) is 17.6. The van der Waals surface area contributed by atoms with Crippen LogP contribution >= 0.6 is 22.7 Å². The summed E-state index contributed by atoms with van der Waals surface area (Å²) in [4.78, 5) is 29.0. The molecule has 6 heteroatoms. The third kappa shape index (κ3) is 2.53. The molecule has 2 aromatic rings. The van der Waals surface area contributed by atoms with Crippen molar-refractivity contribution < 1.29 is 9.59 Å². The number of fused-ring (bicyclic) bond motifs is 1. The van der Waals surface area contributed by atoms with Gasteiger partial charge in [0.05, 0.1) is 5.92 Å². The van der Waals surface area contributed by atoms with Gasteiger partial charge in [0.25, 0.3) is 0 Å². The largest absolute Gasteiger partial charge is 0.301 e. The Balaban J connectivity index is 1.75. The molecule has 0 radical (unpaired) electrons.